The zero-order valence-corrected chi connectivity index (χ0v) is 23.1. The number of ether oxygens (including phenoxy) is 2. The minimum Gasteiger partial charge on any atom is -1.00 e. The standard InChI is InChI=1S/C12H18O2.C11H14O2.CH3.HI.Mg/c1-8(2)14-12-7-11(10(4)13)6-5-9(12)3;1-8(2)13-11-6-10(7-12)5-4-9(11)3;;;/h5-8,10,13H,1-4H3;4-8H,1-3H3;1H3;1H;/q;;-1;;+2/p-1. The fourth-order valence-electron chi connectivity index (χ4n) is 2.33. The predicted octanol–water partition coefficient (Wildman–Crippen LogP) is 2.50. The summed E-state index contributed by atoms with van der Waals surface area (Å²) in [6.07, 6.45) is 0.691. The molecule has 0 spiro atoms. The first-order chi connectivity index (χ1) is 12.6. The Morgan fingerprint density at radius 2 is 1.27 bits per heavy atom. The first-order valence-electron chi connectivity index (χ1n) is 9.31. The number of hydrogen-bond acceptors (Lipinski definition) is 4. The van der Waals surface area contributed by atoms with Gasteiger partial charge in [0.1, 0.15) is 17.8 Å². The number of aliphatic hydroxyl groups excluding tert-OH is 1. The fraction of sp³-hybridized carbons (Fsp3) is 0.417. The van der Waals surface area contributed by atoms with E-state index in [1.165, 1.54) is 0 Å². The summed E-state index contributed by atoms with van der Waals surface area (Å²) in [7, 11) is 0. The van der Waals surface area contributed by atoms with Gasteiger partial charge >= 0.3 is 23.1 Å². The molecule has 0 radical (unpaired) electrons. The molecule has 0 fully saturated rings. The number of rotatable bonds is 6. The topological polar surface area (TPSA) is 55.8 Å². The van der Waals surface area contributed by atoms with Crippen LogP contribution in [0.25, 0.3) is 0 Å². The summed E-state index contributed by atoms with van der Waals surface area (Å²) >= 11 is 0. The zero-order valence-electron chi connectivity index (χ0n) is 19.5. The van der Waals surface area contributed by atoms with Gasteiger partial charge in [0.2, 0.25) is 0 Å². The van der Waals surface area contributed by atoms with Crippen LogP contribution >= 0.6 is 0 Å². The molecule has 0 aliphatic heterocycles. The van der Waals surface area contributed by atoms with E-state index in [1.54, 1.807) is 19.1 Å². The second kappa shape index (κ2) is 16.8. The molecule has 4 nitrogen and oxygen atoms in total. The molecular weight excluding hydrogens is 503 g/mol. The van der Waals surface area contributed by atoms with Crippen molar-refractivity contribution in [3.63, 3.8) is 0 Å². The molecule has 0 amide bonds. The molecule has 2 aromatic rings. The Labute approximate surface area is 215 Å². The van der Waals surface area contributed by atoms with E-state index >= 15 is 0 Å². The van der Waals surface area contributed by atoms with Crippen LogP contribution < -0.4 is 33.5 Å². The van der Waals surface area contributed by atoms with Gasteiger partial charge in [0, 0.05) is 5.56 Å². The van der Waals surface area contributed by atoms with Gasteiger partial charge in [-0.2, -0.15) is 0 Å². The number of hydrogen-bond donors (Lipinski definition) is 1. The maximum absolute atomic E-state index is 10.5. The van der Waals surface area contributed by atoms with Crippen LogP contribution in [0.1, 0.15) is 67.8 Å². The second-order valence-corrected chi connectivity index (χ2v) is 7.18. The molecule has 1 unspecified atom stereocenters. The summed E-state index contributed by atoms with van der Waals surface area (Å²) in [6.45, 7) is 13.6. The van der Waals surface area contributed by atoms with Crippen LogP contribution in [0, 0.1) is 21.3 Å². The number of carbonyl (C=O) groups excluding carboxylic acids is 1. The first kappa shape index (κ1) is 33.8. The second-order valence-electron chi connectivity index (χ2n) is 7.18. The van der Waals surface area contributed by atoms with Gasteiger partial charge in [0.05, 0.1) is 18.3 Å². The summed E-state index contributed by atoms with van der Waals surface area (Å²) in [4.78, 5) is 10.5. The van der Waals surface area contributed by atoms with Crippen LogP contribution in [0.4, 0.5) is 0 Å². The third-order valence-corrected chi connectivity index (χ3v) is 3.77. The van der Waals surface area contributed by atoms with Crippen molar-refractivity contribution in [2.45, 2.75) is 66.8 Å². The van der Waals surface area contributed by atoms with E-state index in [1.807, 2.05) is 65.8 Å². The van der Waals surface area contributed by atoms with E-state index in [9.17, 15) is 9.90 Å². The molecule has 0 bridgehead atoms. The van der Waals surface area contributed by atoms with E-state index in [-0.39, 0.29) is 66.7 Å². The van der Waals surface area contributed by atoms with Crippen molar-refractivity contribution in [3.8, 4) is 11.5 Å². The molecule has 0 aromatic heterocycles. The van der Waals surface area contributed by atoms with E-state index < -0.39 is 6.10 Å². The van der Waals surface area contributed by atoms with Crippen molar-refractivity contribution >= 4 is 29.3 Å². The minimum atomic E-state index is -0.440. The van der Waals surface area contributed by atoms with E-state index in [4.69, 9.17) is 9.47 Å². The smallest absolute Gasteiger partial charge is 1.00 e. The van der Waals surface area contributed by atoms with Crippen LogP contribution in [0.3, 0.4) is 0 Å². The number of aldehydes is 1. The Morgan fingerprint density at radius 3 is 1.67 bits per heavy atom. The van der Waals surface area contributed by atoms with Crippen molar-refractivity contribution < 1.29 is 43.4 Å². The maximum atomic E-state index is 10.5. The third kappa shape index (κ3) is 12.1. The monoisotopic (exact) mass is 538 g/mol. The molecule has 0 aliphatic carbocycles. The molecule has 0 aliphatic rings. The average Bonchev–Trinajstić information content (AvgIpc) is 2.58. The molecule has 1 atom stereocenters. The molecule has 164 valence electrons. The summed E-state index contributed by atoms with van der Waals surface area (Å²) in [6, 6.07) is 11.2. The maximum Gasteiger partial charge on any atom is 2.00 e. The summed E-state index contributed by atoms with van der Waals surface area (Å²) in [5, 5.41) is 9.42. The van der Waals surface area contributed by atoms with Gasteiger partial charge in [-0.3, -0.25) is 4.79 Å². The number of aryl methyl sites for hydroxylation is 2. The van der Waals surface area contributed by atoms with Crippen LogP contribution in [0.15, 0.2) is 36.4 Å². The van der Waals surface area contributed by atoms with Gasteiger partial charge in [-0.15, -0.1) is 0 Å². The molecule has 1 N–H and O–H groups in total. The molecular formula is C24H35IMgO4. The molecule has 6 heteroatoms. The molecule has 0 heterocycles. The zero-order chi connectivity index (χ0) is 20.6. The van der Waals surface area contributed by atoms with Crippen LogP contribution in [-0.4, -0.2) is 46.7 Å². The molecule has 0 saturated carbocycles. The Kier molecular flexibility index (Phi) is 18.9. The Bertz CT molecular complexity index is 746. The molecule has 30 heavy (non-hydrogen) atoms. The first-order valence-corrected chi connectivity index (χ1v) is 9.31. The summed E-state index contributed by atoms with van der Waals surface area (Å²) in [5.41, 5.74) is 3.70. The van der Waals surface area contributed by atoms with Crippen molar-refractivity contribution in [1.29, 1.82) is 0 Å². The molecule has 2 rings (SSSR count). The van der Waals surface area contributed by atoms with Crippen LogP contribution in [-0.2, 0) is 0 Å². The average molecular weight is 539 g/mol. The van der Waals surface area contributed by atoms with Gasteiger partial charge in [0.25, 0.3) is 0 Å². The number of aliphatic hydroxyl groups is 1. The number of benzene rings is 2. The summed E-state index contributed by atoms with van der Waals surface area (Å²) < 4.78 is 11.2. The van der Waals surface area contributed by atoms with Crippen LogP contribution in [0.2, 0.25) is 0 Å². The van der Waals surface area contributed by atoms with Gasteiger partial charge < -0.3 is 46.0 Å². The largest absolute Gasteiger partial charge is 2.00 e. The molecule has 0 saturated heterocycles. The van der Waals surface area contributed by atoms with E-state index in [0.29, 0.717) is 5.56 Å². The quantitative estimate of drug-likeness (QED) is 0.266. The van der Waals surface area contributed by atoms with Crippen molar-refractivity contribution in [1.82, 2.24) is 0 Å². The Balaban J connectivity index is -0.000000443. The van der Waals surface area contributed by atoms with E-state index in [0.717, 1.165) is 34.5 Å². The SMILES string of the molecule is Cc1ccc(C(C)O)cc1OC(C)C.Cc1ccc(C=O)cc1OC(C)C.[CH3-].[I-].[Mg+2]. The number of halogens is 1. The predicted molar refractivity (Wildman–Crippen MR) is 122 cm³/mol. The Morgan fingerprint density at radius 1 is 0.833 bits per heavy atom. The normalized spacial score (nSPS) is 10.5. The van der Waals surface area contributed by atoms with Crippen molar-refractivity contribution in [2.24, 2.45) is 0 Å². The molecule has 2 aromatic carbocycles. The van der Waals surface area contributed by atoms with Crippen molar-refractivity contribution in [2.75, 3.05) is 0 Å². The van der Waals surface area contributed by atoms with Gasteiger partial charge in [0.15, 0.2) is 0 Å². The third-order valence-electron chi connectivity index (χ3n) is 3.77. The minimum absolute atomic E-state index is 0. The Hall–Kier alpha value is -0.834. The number of carbonyl (C=O) groups is 1. The van der Waals surface area contributed by atoms with Crippen molar-refractivity contribution in [3.05, 3.63) is 66.1 Å². The van der Waals surface area contributed by atoms with Crippen LogP contribution in [0.5, 0.6) is 11.5 Å². The van der Waals surface area contributed by atoms with E-state index in [2.05, 4.69) is 0 Å². The summed E-state index contributed by atoms with van der Waals surface area (Å²) in [5.74, 6) is 1.65. The van der Waals surface area contributed by atoms with Gasteiger partial charge in [-0.05, 0) is 77.3 Å². The van der Waals surface area contributed by atoms with Gasteiger partial charge in [-0.1, -0.05) is 24.3 Å². The fourth-order valence-corrected chi connectivity index (χ4v) is 2.33. The van der Waals surface area contributed by atoms with Gasteiger partial charge in [-0.25, -0.2) is 0 Å².